The number of anilines is 2. The van der Waals surface area contributed by atoms with Crippen LogP contribution in [0, 0.1) is 0 Å². The molecule has 0 aliphatic carbocycles. The predicted molar refractivity (Wildman–Crippen MR) is 104 cm³/mol. The second-order valence-corrected chi connectivity index (χ2v) is 6.96. The van der Waals surface area contributed by atoms with Crippen molar-refractivity contribution in [2.24, 2.45) is 0 Å². The first-order valence-corrected chi connectivity index (χ1v) is 8.76. The van der Waals surface area contributed by atoms with Crippen molar-refractivity contribution in [3.05, 3.63) is 52.1 Å². The van der Waals surface area contributed by atoms with Gasteiger partial charge in [-0.2, -0.15) is 0 Å². The molecule has 130 valence electrons. The van der Waals surface area contributed by atoms with Crippen molar-refractivity contribution in [3.63, 3.8) is 0 Å². The summed E-state index contributed by atoms with van der Waals surface area (Å²) in [5.41, 5.74) is 1.15. The Morgan fingerprint density at radius 1 is 1.28 bits per heavy atom. The molecule has 1 aromatic heterocycles. The molecule has 0 radical (unpaired) electrons. The summed E-state index contributed by atoms with van der Waals surface area (Å²) in [5, 5.41) is 3.92. The number of amides is 1. The zero-order chi connectivity index (χ0) is 18.1. The van der Waals surface area contributed by atoms with Crippen LogP contribution in [0.3, 0.4) is 0 Å². The lowest BCUT2D eigenvalue weighted by Gasteiger charge is -2.37. The van der Waals surface area contributed by atoms with E-state index in [2.05, 4.69) is 10.3 Å². The van der Waals surface area contributed by atoms with Gasteiger partial charge in [-0.3, -0.25) is 0 Å². The van der Waals surface area contributed by atoms with Gasteiger partial charge >= 0.3 is 6.09 Å². The van der Waals surface area contributed by atoms with E-state index >= 15 is 0 Å². The van der Waals surface area contributed by atoms with E-state index in [0.717, 1.165) is 0 Å². The summed E-state index contributed by atoms with van der Waals surface area (Å²) in [5.74, 6) is 0.405. The minimum absolute atomic E-state index is 0.300. The van der Waals surface area contributed by atoms with E-state index in [0.29, 0.717) is 32.1 Å². The lowest BCUT2D eigenvalue weighted by molar-refractivity contribution is 0.121. The Hall–Kier alpha value is -1.89. The number of carbonyl (C=O) groups excluding carboxylic acids is 1. The fraction of sp³-hybridized carbons (Fsp3) is 0.235. The lowest BCUT2D eigenvalue weighted by atomic mass is 10.0. The second kappa shape index (κ2) is 7.15. The van der Waals surface area contributed by atoms with Crippen molar-refractivity contribution >= 4 is 58.0 Å². The highest BCUT2D eigenvalue weighted by molar-refractivity contribution is 7.80. The highest BCUT2D eigenvalue weighted by atomic mass is 35.5. The van der Waals surface area contributed by atoms with Gasteiger partial charge in [-0.05, 0) is 38.1 Å². The Balaban J connectivity index is 2.18. The normalized spacial score (nSPS) is 16.4. The molecule has 1 amide bonds. The number of carbonyl (C=O) groups is 1. The zero-order valence-electron chi connectivity index (χ0n) is 13.5. The Morgan fingerprint density at radius 2 is 1.96 bits per heavy atom. The van der Waals surface area contributed by atoms with Crippen LogP contribution in [0.15, 0.2) is 36.5 Å². The second-order valence-electron chi connectivity index (χ2n) is 5.70. The fourth-order valence-corrected chi connectivity index (χ4v) is 3.55. The summed E-state index contributed by atoms with van der Waals surface area (Å²) in [4.78, 5) is 18.9. The summed E-state index contributed by atoms with van der Waals surface area (Å²) < 4.78 is 5.40. The number of aromatic nitrogens is 1. The highest BCUT2D eigenvalue weighted by Crippen LogP contribution is 2.42. The van der Waals surface area contributed by atoms with E-state index in [1.165, 1.54) is 4.90 Å². The van der Waals surface area contributed by atoms with Gasteiger partial charge in [-0.1, -0.05) is 41.5 Å². The number of benzene rings is 1. The molecule has 1 unspecified atom stereocenters. The van der Waals surface area contributed by atoms with E-state index in [-0.39, 0.29) is 6.10 Å². The molecule has 1 atom stereocenters. The molecule has 0 saturated carbocycles. The maximum absolute atomic E-state index is 12.8. The van der Waals surface area contributed by atoms with Crippen LogP contribution in [0.1, 0.15) is 25.5 Å². The molecular weight excluding hydrogens is 381 g/mol. The predicted octanol–water partition coefficient (Wildman–Crippen LogP) is 5.23. The highest BCUT2D eigenvalue weighted by Gasteiger charge is 2.40. The number of fused-ring (bicyclic) bond motifs is 1. The number of halogens is 2. The number of thiocarbonyl (C=S) groups is 1. The molecule has 0 saturated heterocycles. The Morgan fingerprint density at radius 3 is 2.60 bits per heavy atom. The number of pyridine rings is 1. The number of nitrogens with zero attached hydrogens (tertiary/aromatic N) is 2. The van der Waals surface area contributed by atoms with Crippen LogP contribution < -0.4 is 10.2 Å². The number of hydrogen-bond acceptors (Lipinski definition) is 4. The van der Waals surface area contributed by atoms with E-state index in [1.807, 2.05) is 0 Å². The smallest absolute Gasteiger partial charge is 0.416 e. The molecule has 2 aromatic rings. The average molecular weight is 396 g/mol. The summed E-state index contributed by atoms with van der Waals surface area (Å²) >= 11 is 18.2. The Labute approximate surface area is 160 Å². The number of hydrogen-bond donors (Lipinski definition) is 1. The average Bonchev–Trinajstić information content (AvgIpc) is 2.54. The topological polar surface area (TPSA) is 54.5 Å². The van der Waals surface area contributed by atoms with Crippen LogP contribution in [0.25, 0.3) is 0 Å². The van der Waals surface area contributed by atoms with Crippen LogP contribution >= 0.6 is 35.4 Å². The molecule has 25 heavy (non-hydrogen) atoms. The third kappa shape index (κ3) is 3.42. The van der Waals surface area contributed by atoms with Gasteiger partial charge in [0.05, 0.1) is 11.8 Å². The SMILES string of the molecule is CC(C)OC(=O)N1c2ncccc2NC(=S)C1c1c(Cl)cccc1Cl. The zero-order valence-corrected chi connectivity index (χ0v) is 15.8. The van der Waals surface area contributed by atoms with Crippen molar-refractivity contribution in [1.29, 1.82) is 0 Å². The van der Waals surface area contributed by atoms with Gasteiger partial charge in [-0.15, -0.1) is 0 Å². The largest absolute Gasteiger partial charge is 0.446 e. The Kier molecular flexibility index (Phi) is 5.13. The van der Waals surface area contributed by atoms with E-state index in [4.69, 9.17) is 40.2 Å². The molecular formula is C17H15Cl2N3O2S. The van der Waals surface area contributed by atoms with Gasteiger partial charge in [-0.25, -0.2) is 14.7 Å². The maximum Gasteiger partial charge on any atom is 0.416 e. The monoisotopic (exact) mass is 395 g/mol. The maximum atomic E-state index is 12.8. The molecule has 1 aliphatic heterocycles. The molecule has 1 aliphatic rings. The van der Waals surface area contributed by atoms with Gasteiger partial charge in [0, 0.05) is 21.8 Å². The van der Waals surface area contributed by atoms with E-state index in [1.54, 1.807) is 50.4 Å². The fourth-order valence-electron chi connectivity index (χ4n) is 2.61. The first kappa shape index (κ1) is 17.9. The minimum Gasteiger partial charge on any atom is -0.446 e. The molecule has 8 heteroatoms. The summed E-state index contributed by atoms with van der Waals surface area (Å²) in [7, 11) is 0. The summed E-state index contributed by atoms with van der Waals surface area (Å²) in [6.07, 6.45) is 0.723. The third-order valence-corrected chi connectivity index (χ3v) is 4.57. The van der Waals surface area contributed by atoms with Crippen molar-refractivity contribution in [1.82, 2.24) is 4.98 Å². The van der Waals surface area contributed by atoms with E-state index in [9.17, 15) is 4.79 Å². The van der Waals surface area contributed by atoms with Crippen molar-refractivity contribution in [2.45, 2.75) is 26.0 Å². The lowest BCUT2D eigenvalue weighted by Crippen LogP contribution is -2.46. The van der Waals surface area contributed by atoms with Crippen LogP contribution in [0.4, 0.5) is 16.3 Å². The standard InChI is InChI=1S/C17H15Cl2N3O2S/c1-9(2)24-17(23)22-14(13-10(18)5-3-6-11(13)19)16(25)21-12-7-4-8-20-15(12)22/h3-9,14H,1-2H3,(H,21,25). The Bertz CT molecular complexity index is 824. The van der Waals surface area contributed by atoms with Crippen LogP contribution in [-0.4, -0.2) is 22.2 Å². The number of rotatable bonds is 2. The van der Waals surface area contributed by atoms with Crippen molar-refractivity contribution in [3.8, 4) is 0 Å². The number of ether oxygens (including phenoxy) is 1. The molecule has 1 aromatic carbocycles. The van der Waals surface area contributed by atoms with Gasteiger partial charge < -0.3 is 10.1 Å². The quantitative estimate of drug-likeness (QED) is 0.705. The van der Waals surface area contributed by atoms with Gasteiger partial charge in [0.2, 0.25) is 0 Å². The molecule has 1 N–H and O–H groups in total. The van der Waals surface area contributed by atoms with Gasteiger partial charge in [0.15, 0.2) is 5.82 Å². The van der Waals surface area contributed by atoms with Crippen LogP contribution in [0.2, 0.25) is 10.0 Å². The molecule has 2 heterocycles. The first-order valence-electron chi connectivity index (χ1n) is 7.59. The molecule has 0 fully saturated rings. The number of nitrogens with one attached hydrogen (secondary N) is 1. The summed E-state index contributed by atoms with van der Waals surface area (Å²) in [6.45, 7) is 3.55. The van der Waals surface area contributed by atoms with Gasteiger partial charge in [0.25, 0.3) is 0 Å². The van der Waals surface area contributed by atoms with E-state index < -0.39 is 12.1 Å². The molecule has 5 nitrogen and oxygen atoms in total. The molecule has 0 bridgehead atoms. The molecule has 0 spiro atoms. The van der Waals surface area contributed by atoms with Crippen LogP contribution in [-0.2, 0) is 4.74 Å². The van der Waals surface area contributed by atoms with Crippen molar-refractivity contribution < 1.29 is 9.53 Å². The van der Waals surface area contributed by atoms with Crippen LogP contribution in [0.5, 0.6) is 0 Å². The van der Waals surface area contributed by atoms with Gasteiger partial charge in [0.1, 0.15) is 11.0 Å². The third-order valence-electron chi connectivity index (χ3n) is 3.59. The van der Waals surface area contributed by atoms with Crippen molar-refractivity contribution in [2.75, 3.05) is 10.2 Å². The minimum atomic E-state index is -0.718. The summed E-state index contributed by atoms with van der Waals surface area (Å²) in [6, 6.07) is 7.95. The first-order chi connectivity index (χ1) is 11.9. The molecule has 3 rings (SSSR count).